The first kappa shape index (κ1) is 24.8. The molecule has 38 heavy (non-hydrogen) atoms. The second-order valence-corrected chi connectivity index (χ2v) is 11.5. The average molecular weight is 530 g/mol. The van der Waals surface area contributed by atoms with Crippen molar-refractivity contribution in [2.24, 2.45) is 0 Å². The molecule has 9 heteroatoms. The van der Waals surface area contributed by atoms with Crippen molar-refractivity contribution >= 4 is 9.92 Å². The van der Waals surface area contributed by atoms with Crippen molar-refractivity contribution in [3.63, 3.8) is 0 Å². The molecule has 0 spiro atoms. The Labute approximate surface area is 223 Å². The minimum atomic E-state index is -3.59. The summed E-state index contributed by atoms with van der Waals surface area (Å²) in [5.41, 5.74) is 1.58. The van der Waals surface area contributed by atoms with E-state index in [1.165, 1.54) is 6.20 Å². The lowest BCUT2D eigenvalue weighted by Crippen LogP contribution is -2.59. The van der Waals surface area contributed by atoms with Crippen LogP contribution in [0.2, 0.25) is 0 Å². The van der Waals surface area contributed by atoms with Crippen LogP contribution in [0.15, 0.2) is 102 Å². The van der Waals surface area contributed by atoms with Gasteiger partial charge in [0.2, 0.25) is 5.88 Å². The molecule has 0 aliphatic carbocycles. The van der Waals surface area contributed by atoms with Gasteiger partial charge in [0, 0.05) is 20.2 Å². The molecule has 3 aromatic carbocycles. The maximum atomic E-state index is 14.4. The van der Waals surface area contributed by atoms with E-state index >= 15 is 0 Å². The van der Waals surface area contributed by atoms with Crippen LogP contribution in [0.25, 0.3) is 0 Å². The zero-order valence-corrected chi connectivity index (χ0v) is 22.0. The first-order valence-electron chi connectivity index (χ1n) is 12.7. The first-order valence-corrected chi connectivity index (χ1v) is 14.3. The quantitative estimate of drug-likeness (QED) is 0.338. The predicted octanol–water partition coefficient (Wildman–Crippen LogP) is 3.88. The van der Waals surface area contributed by atoms with Gasteiger partial charge in [0.15, 0.2) is 0 Å². The number of hydrogen-bond donors (Lipinski definition) is 2. The van der Waals surface area contributed by atoms with Crippen molar-refractivity contribution in [3.05, 3.63) is 114 Å². The Bertz CT molecular complexity index is 1390. The molecule has 1 fully saturated rings. The number of methoxy groups -OCH3 is 1. The summed E-state index contributed by atoms with van der Waals surface area (Å²) in [6.45, 7) is 2.78. The van der Waals surface area contributed by atoms with E-state index in [0.29, 0.717) is 19.0 Å². The van der Waals surface area contributed by atoms with Gasteiger partial charge in [-0.15, -0.1) is 0 Å². The largest absolute Gasteiger partial charge is 0.475 e. The van der Waals surface area contributed by atoms with E-state index in [0.717, 1.165) is 29.8 Å². The number of rotatable bonds is 8. The number of hydrogen-bond acceptors (Lipinski definition) is 6. The number of nitrogens with zero attached hydrogens (tertiary/aromatic N) is 3. The fourth-order valence-electron chi connectivity index (χ4n) is 5.41. The smallest absolute Gasteiger partial charge is 0.230 e. The number of benzene rings is 3. The van der Waals surface area contributed by atoms with Crippen LogP contribution in [-0.4, -0.2) is 57.8 Å². The SMILES string of the molecule is COC1CN([C@@H]2COc3c(S(=N)(=O)NC(c4ccccc4)(c4ccccc4)c4ccccc4)cnn3C2)C1. The maximum absolute atomic E-state index is 14.4. The van der Waals surface area contributed by atoms with Crippen molar-refractivity contribution in [2.75, 3.05) is 26.8 Å². The van der Waals surface area contributed by atoms with E-state index in [1.54, 1.807) is 11.8 Å². The highest BCUT2D eigenvalue weighted by Gasteiger charge is 2.42. The summed E-state index contributed by atoms with van der Waals surface area (Å²) in [4.78, 5) is 2.56. The highest BCUT2D eigenvalue weighted by atomic mass is 32.2. The topological polar surface area (TPSA) is 92.5 Å². The zero-order valence-electron chi connectivity index (χ0n) is 21.2. The van der Waals surface area contributed by atoms with Gasteiger partial charge in [-0.2, -0.15) is 5.10 Å². The Morgan fingerprint density at radius 2 is 1.45 bits per heavy atom. The van der Waals surface area contributed by atoms with Gasteiger partial charge in [-0.3, -0.25) is 4.90 Å². The standard InChI is InChI=1S/C29H31N5O3S/c1-36-26-19-33(20-26)25-18-34-28(37-21-25)27(17-31-34)38(30,35)32-29(22-11-5-2-6-12-22,23-13-7-3-8-14-23)24-15-9-4-10-16-24/h2-17,25-26H,18-21H2,1H3,(H2,30,32,35)/t25-,38?/m0/s1. The summed E-state index contributed by atoms with van der Waals surface area (Å²) >= 11 is 0. The first-order chi connectivity index (χ1) is 18.5. The van der Waals surface area contributed by atoms with E-state index in [4.69, 9.17) is 9.47 Å². The summed E-state index contributed by atoms with van der Waals surface area (Å²) in [5.74, 6) is 0.389. The van der Waals surface area contributed by atoms with Crippen LogP contribution >= 0.6 is 0 Å². The monoisotopic (exact) mass is 529 g/mol. The van der Waals surface area contributed by atoms with E-state index < -0.39 is 15.5 Å². The summed E-state index contributed by atoms with van der Waals surface area (Å²) in [6.07, 6.45) is 1.77. The molecule has 4 aromatic rings. The molecule has 1 saturated heterocycles. The fraction of sp³-hybridized carbons (Fsp3) is 0.276. The molecule has 1 unspecified atom stereocenters. The molecule has 2 N–H and O–H groups in total. The van der Waals surface area contributed by atoms with Crippen molar-refractivity contribution in [1.29, 1.82) is 4.78 Å². The highest BCUT2D eigenvalue weighted by Crippen LogP contribution is 2.39. The van der Waals surface area contributed by atoms with E-state index in [9.17, 15) is 8.99 Å². The molecule has 0 saturated carbocycles. The van der Waals surface area contributed by atoms with Gasteiger partial charge >= 0.3 is 0 Å². The van der Waals surface area contributed by atoms with Crippen molar-refractivity contribution < 1.29 is 13.7 Å². The summed E-state index contributed by atoms with van der Waals surface area (Å²) in [5, 5.41) is 4.50. The zero-order chi connectivity index (χ0) is 26.2. The molecule has 0 bridgehead atoms. The predicted molar refractivity (Wildman–Crippen MR) is 145 cm³/mol. The lowest BCUT2D eigenvalue weighted by atomic mass is 9.78. The normalized spacial score (nSPS) is 19.7. The van der Waals surface area contributed by atoms with Crippen molar-refractivity contribution in [2.45, 2.75) is 29.1 Å². The van der Waals surface area contributed by atoms with Gasteiger partial charge in [0.05, 0.1) is 24.9 Å². The summed E-state index contributed by atoms with van der Waals surface area (Å²) in [6, 6.07) is 29.7. The molecule has 2 aliphatic heterocycles. The third-order valence-electron chi connectivity index (χ3n) is 7.51. The number of ether oxygens (including phenoxy) is 2. The third kappa shape index (κ3) is 4.31. The van der Waals surface area contributed by atoms with Crippen LogP contribution in [0.5, 0.6) is 5.88 Å². The lowest BCUT2D eigenvalue weighted by molar-refractivity contribution is -0.0687. The number of fused-ring (bicyclic) bond motifs is 1. The number of nitrogens with one attached hydrogen (secondary N) is 2. The van der Waals surface area contributed by atoms with Crippen LogP contribution in [0.3, 0.4) is 0 Å². The Kier molecular flexibility index (Phi) is 6.53. The van der Waals surface area contributed by atoms with Crippen LogP contribution in [0.1, 0.15) is 16.7 Å². The minimum Gasteiger partial charge on any atom is -0.475 e. The molecule has 0 radical (unpaired) electrons. The molecular formula is C29H31N5O3S. The second-order valence-electron chi connectivity index (χ2n) is 9.78. The molecule has 0 amide bonds. The number of aromatic nitrogens is 2. The van der Waals surface area contributed by atoms with E-state index in [-0.39, 0.29) is 17.0 Å². The van der Waals surface area contributed by atoms with Gasteiger partial charge in [-0.1, -0.05) is 91.0 Å². The Morgan fingerprint density at radius 1 is 0.921 bits per heavy atom. The average Bonchev–Trinajstić information content (AvgIpc) is 3.37. The van der Waals surface area contributed by atoms with Crippen LogP contribution in [0, 0.1) is 4.78 Å². The van der Waals surface area contributed by atoms with Gasteiger partial charge in [0.1, 0.15) is 27.0 Å². The highest BCUT2D eigenvalue weighted by molar-refractivity contribution is 7.90. The Morgan fingerprint density at radius 3 is 1.95 bits per heavy atom. The minimum absolute atomic E-state index is 0.161. The fourth-order valence-corrected chi connectivity index (χ4v) is 6.91. The Hall–Kier alpha value is -3.50. The Balaban J connectivity index is 1.40. The molecule has 1 aromatic heterocycles. The van der Waals surface area contributed by atoms with Crippen molar-refractivity contribution in [1.82, 2.24) is 19.4 Å². The van der Waals surface area contributed by atoms with Gasteiger partial charge < -0.3 is 9.47 Å². The third-order valence-corrected chi connectivity index (χ3v) is 9.00. The van der Waals surface area contributed by atoms with E-state index in [2.05, 4.69) is 14.7 Å². The molecule has 3 heterocycles. The summed E-state index contributed by atoms with van der Waals surface area (Å²) in [7, 11) is -1.86. The maximum Gasteiger partial charge on any atom is 0.230 e. The van der Waals surface area contributed by atoms with Crippen LogP contribution < -0.4 is 9.46 Å². The van der Waals surface area contributed by atoms with Gasteiger partial charge in [-0.25, -0.2) is 18.4 Å². The molecule has 2 aliphatic rings. The second kappa shape index (κ2) is 9.99. The molecule has 8 nitrogen and oxygen atoms in total. The molecule has 2 atom stereocenters. The van der Waals surface area contributed by atoms with Crippen molar-refractivity contribution in [3.8, 4) is 5.88 Å². The summed E-state index contributed by atoms with van der Waals surface area (Å²) < 4.78 is 40.2. The van der Waals surface area contributed by atoms with Gasteiger partial charge in [-0.05, 0) is 16.7 Å². The van der Waals surface area contributed by atoms with Crippen LogP contribution in [0.4, 0.5) is 0 Å². The number of likely N-dealkylation sites (tertiary alicyclic amines) is 1. The van der Waals surface area contributed by atoms with E-state index in [1.807, 2.05) is 91.0 Å². The lowest BCUT2D eigenvalue weighted by Gasteiger charge is -2.44. The molecule has 6 rings (SSSR count). The molecule has 196 valence electrons. The van der Waals surface area contributed by atoms with Crippen LogP contribution in [-0.2, 0) is 26.7 Å². The van der Waals surface area contributed by atoms with Gasteiger partial charge in [0.25, 0.3) is 0 Å². The molecular weight excluding hydrogens is 498 g/mol.